The highest BCUT2D eigenvalue weighted by Crippen LogP contribution is 2.07. The minimum atomic E-state index is -1.09. The van der Waals surface area contributed by atoms with Crippen molar-refractivity contribution in [3.05, 3.63) is 210 Å². The van der Waals surface area contributed by atoms with E-state index in [1.165, 1.54) is 30.4 Å². The van der Waals surface area contributed by atoms with Crippen LogP contribution in [0.5, 0.6) is 0 Å². The fraction of sp³-hybridized carbons (Fsp3) is 0.118. The van der Waals surface area contributed by atoms with E-state index in [9.17, 15) is 29.1 Å². The van der Waals surface area contributed by atoms with Gasteiger partial charge in [0.05, 0.1) is 0 Å². The molecule has 0 heterocycles. The van der Waals surface area contributed by atoms with Crippen molar-refractivity contribution >= 4 is 60.2 Å². The van der Waals surface area contributed by atoms with E-state index in [4.69, 9.17) is 23.7 Å². The number of aliphatic hydroxyl groups excluding tert-OH is 1. The molecule has 0 aliphatic carbocycles. The van der Waals surface area contributed by atoms with Gasteiger partial charge in [-0.25, -0.2) is 24.0 Å². The molecule has 5 rings (SSSR count). The molecule has 0 aliphatic heterocycles. The summed E-state index contributed by atoms with van der Waals surface area (Å²) in [6, 6.07) is 46.3. The van der Waals surface area contributed by atoms with Crippen LogP contribution < -0.4 is 0 Å². The number of hydrogen-bond donors (Lipinski definition) is 1. The maximum Gasteiger partial charge on any atom is 0.331 e. The molecule has 0 aromatic heterocycles. The minimum absolute atomic E-state index is 0.256. The summed E-state index contributed by atoms with van der Waals surface area (Å²) in [5.74, 6) is -3.05. The van der Waals surface area contributed by atoms with Crippen LogP contribution >= 0.6 is 0 Å². The van der Waals surface area contributed by atoms with E-state index in [1.807, 2.05) is 152 Å². The first-order valence-electron chi connectivity index (χ1n) is 19.4. The Labute approximate surface area is 360 Å². The van der Waals surface area contributed by atoms with Crippen LogP contribution in [0.15, 0.2) is 182 Å². The summed E-state index contributed by atoms with van der Waals surface area (Å²) in [7, 11) is 0. The van der Waals surface area contributed by atoms with Crippen molar-refractivity contribution in [1.29, 1.82) is 0 Å². The third-order valence-corrected chi connectivity index (χ3v) is 8.00. The van der Waals surface area contributed by atoms with Gasteiger partial charge in [0.2, 0.25) is 0 Å². The maximum absolute atomic E-state index is 12.3. The molecule has 5 aromatic carbocycles. The van der Waals surface area contributed by atoms with Gasteiger partial charge in [-0.2, -0.15) is 0 Å². The second-order valence-corrected chi connectivity index (χ2v) is 13.0. The van der Waals surface area contributed by atoms with Gasteiger partial charge in [-0.3, -0.25) is 0 Å². The summed E-state index contributed by atoms with van der Waals surface area (Å²) in [5.41, 5.74) is 4.22. The van der Waals surface area contributed by atoms with Crippen LogP contribution in [0, 0.1) is 0 Å². The van der Waals surface area contributed by atoms with Crippen LogP contribution in [-0.2, 0) is 47.7 Å². The summed E-state index contributed by atoms with van der Waals surface area (Å²) in [4.78, 5) is 59.7. The number of ether oxygens (including phenoxy) is 5. The first kappa shape index (κ1) is 46.8. The zero-order valence-electron chi connectivity index (χ0n) is 33.7. The van der Waals surface area contributed by atoms with E-state index in [2.05, 4.69) is 0 Å². The van der Waals surface area contributed by atoms with E-state index < -0.39 is 42.1 Å². The molecule has 0 saturated heterocycles. The lowest BCUT2D eigenvalue weighted by molar-refractivity contribution is -0.160. The standard InChI is InChI=1S/C30H26O6.C21H20O5/c31-28(19-16-24-10-4-1-5-11-24)34-22-27(36-30(33)21-18-26-14-8-3-9-15-26)23-35-29(32)20-17-25-12-6-2-7-13-25;22-19(15-25-20(23)13-11-17-7-3-1-4-8-17)16-26-21(24)14-12-18-9-5-2-6-10-18/h1-21,27H,22-23H2;1-14,19,22H,15-16H2/b19-16+,20-17+,21-18+;13-11+,14-12+. The number of aliphatic hydroxyl groups is 1. The molecule has 0 spiro atoms. The Hall–Kier alpha value is -7.89. The Balaban J connectivity index is 0.000000287. The molecular formula is C51H46O11. The van der Waals surface area contributed by atoms with Crippen molar-refractivity contribution < 1.29 is 52.8 Å². The van der Waals surface area contributed by atoms with E-state index in [-0.39, 0.29) is 26.4 Å². The Kier molecular flexibility index (Phi) is 20.9. The van der Waals surface area contributed by atoms with Crippen molar-refractivity contribution in [3.8, 4) is 0 Å². The molecule has 316 valence electrons. The predicted octanol–water partition coefficient (Wildman–Crippen LogP) is 7.99. The van der Waals surface area contributed by atoms with Crippen LogP contribution in [0.3, 0.4) is 0 Å². The van der Waals surface area contributed by atoms with Crippen molar-refractivity contribution in [2.24, 2.45) is 0 Å². The van der Waals surface area contributed by atoms with Crippen LogP contribution in [0.2, 0.25) is 0 Å². The van der Waals surface area contributed by atoms with Crippen LogP contribution in [0.1, 0.15) is 27.8 Å². The molecule has 11 nitrogen and oxygen atoms in total. The highest BCUT2D eigenvalue weighted by atomic mass is 16.6. The van der Waals surface area contributed by atoms with Crippen molar-refractivity contribution in [2.75, 3.05) is 26.4 Å². The number of benzene rings is 5. The normalized spacial score (nSPS) is 11.2. The first-order chi connectivity index (χ1) is 30.2. The topological polar surface area (TPSA) is 152 Å². The second-order valence-electron chi connectivity index (χ2n) is 13.0. The summed E-state index contributed by atoms with van der Waals surface area (Å²) in [6.07, 6.45) is 12.3. The van der Waals surface area contributed by atoms with Crippen molar-refractivity contribution in [1.82, 2.24) is 0 Å². The van der Waals surface area contributed by atoms with Gasteiger partial charge in [-0.15, -0.1) is 0 Å². The SMILES string of the molecule is O=C(/C=C/c1ccccc1)OCC(COC(=O)/C=C/c1ccccc1)OC(=O)/C=C/c1ccccc1.O=C(/C=C/c1ccccc1)OCC(O)COC(=O)/C=C/c1ccccc1. The highest BCUT2D eigenvalue weighted by Gasteiger charge is 2.18. The zero-order valence-corrected chi connectivity index (χ0v) is 33.7. The summed E-state index contributed by atoms with van der Waals surface area (Å²) >= 11 is 0. The number of hydrogen-bond acceptors (Lipinski definition) is 11. The molecule has 0 atom stereocenters. The molecule has 0 saturated carbocycles. The minimum Gasteiger partial charge on any atom is -0.460 e. The first-order valence-corrected chi connectivity index (χ1v) is 19.4. The molecule has 0 unspecified atom stereocenters. The average Bonchev–Trinajstić information content (AvgIpc) is 3.32. The summed E-state index contributed by atoms with van der Waals surface area (Å²) in [6.45, 7) is -1.07. The summed E-state index contributed by atoms with van der Waals surface area (Å²) in [5, 5.41) is 9.71. The Bertz CT molecular complexity index is 2140. The number of carbonyl (C=O) groups is 5. The van der Waals surface area contributed by atoms with Gasteiger partial charge in [-0.1, -0.05) is 152 Å². The van der Waals surface area contributed by atoms with Crippen molar-refractivity contribution in [2.45, 2.75) is 12.2 Å². The fourth-order valence-corrected chi connectivity index (χ4v) is 4.91. The number of esters is 5. The van der Waals surface area contributed by atoms with Gasteiger partial charge in [0.15, 0.2) is 6.10 Å². The molecule has 0 radical (unpaired) electrons. The molecule has 11 heteroatoms. The lowest BCUT2D eigenvalue weighted by atomic mass is 10.2. The molecule has 5 aromatic rings. The predicted molar refractivity (Wildman–Crippen MR) is 237 cm³/mol. The monoisotopic (exact) mass is 834 g/mol. The van der Waals surface area contributed by atoms with Gasteiger partial charge in [0.1, 0.15) is 32.5 Å². The summed E-state index contributed by atoms with van der Waals surface area (Å²) < 4.78 is 25.6. The highest BCUT2D eigenvalue weighted by molar-refractivity contribution is 5.89. The van der Waals surface area contributed by atoms with Crippen LogP contribution in [0.4, 0.5) is 0 Å². The van der Waals surface area contributed by atoms with E-state index >= 15 is 0 Å². The molecule has 0 fully saturated rings. The van der Waals surface area contributed by atoms with Gasteiger partial charge < -0.3 is 28.8 Å². The van der Waals surface area contributed by atoms with Crippen LogP contribution in [0.25, 0.3) is 30.4 Å². The van der Waals surface area contributed by atoms with Crippen LogP contribution in [-0.4, -0.2) is 73.6 Å². The maximum atomic E-state index is 12.3. The van der Waals surface area contributed by atoms with Gasteiger partial charge in [0.25, 0.3) is 0 Å². The molecule has 0 aliphatic rings. The van der Waals surface area contributed by atoms with Gasteiger partial charge >= 0.3 is 29.8 Å². The lowest BCUT2D eigenvalue weighted by Gasteiger charge is -2.16. The van der Waals surface area contributed by atoms with E-state index in [0.29, 0.717) is 0 Å². The van der Waals surface area contributed by atoms with Gasteiger partial charge in [0, 0.05) is 30.4 Å². The van der Waals surface area contributed by atoms with Gasteiger partial charge in [-0.05, 0) is 58.2 Å². The molecule has 0 amide bonds. The Morgan fingerprint density at radius 3 is 0.839 bits per heavy atom. The van der Waals surface area contributed by atoms with Crippen molar-refractivity contribution in [3.63, 3.8) is 0 Å². The third kappa shape index (κ3) is 20.7. The third-order valence-electron chi connectivity index (χ3n) is 8.00. The lowest BCUT2D eigenvalue weighted by Crippen LogP contribution is -2.29. The zero-order chi connectivity index (χ0) is 44.0. The molecule has 62 heavy (non-hydrogen) atoms. The fourth-order valence-electron chi connectivity index (χ4n) is 4.91. The molecule has 1 N–H and O–H groups in total. The van der Waals surface area contributed by atoms with E-state index in [0.717, 1.165) is 27.8 Å². The quantitative estimate of drug-likeness (QED) is 0.0490. The largest absolute Gasteiger partial charge is 0.460 e. The second kappa shape index (κ2) is 27.7. The molecule has 0 bridgehead atoms. The number of rotatable bonds is 19. The number of carbonyl (C=O) groups excluding carboxylic acids is 5. The van der Waals surface area contributed by atoms with E-state index in [1.54, 1.807) is 30.4 Å². The average molecular weight is 835 g/mol. The Morgan fingerprint density at radius 1 is 0.355 bits per heavy atom. The molecular weight excluding hydrogens is 789 g/mol. The Morgan fingerprint density at radius 2 is 0.581 bits per heavy atom. The smallest absolute Gasteiger partial charge is 0.331 e.